The Bertz CT molecular complexity index is 912. The molecule has 3 aromatic rings. The van der Waals surface area contributed by atoms with E-state index in [9.17, 15) is 14.9 Å². The number of nitrogens with zero attached hydrogens (tertiary/aromatic N) is 2. The Labute approximate surface area is 164 Å². The van der Waals surface area contributed by atoms with Crippen LogP contribution >= 0.6 is 0 Å². The molecule has 0 bridgehead atoms. The predicted octanol–water partition coefficient (Wildman–Crippen LogP) is 5.56. The Morgan fingerprint density at radius 1 is 0.786 bits per heavy atom. The third-order valence-corrected chi connectivity index (χ3v) is 4.96. The molecule has 0 saturated heterocycles. The molecular formula is C23H22N2O3. The van der Waals surface area contributed by atoms with Gasteiger partial charge in [-0.05, 0) is 31.0 Å². The van der Waals surface area contributed by atoms with E-state index < -0.39 is 4.92 Å². The number of amides is 1. The molecule has 5 nitrogen and oxygen atoms in total. The quantitative estimate of drug-likeness (QED) is 0.419. The lowest BCUT2D eigenvalue weighted by Gasteiger charge is -2.35. The molecule has 3 aromatic carbocycles. The minimum absolute atomic E-state index is 0.0954. The van der Waals surface area contributed by atoms with Crippen LogP contribution in [0, 0.1) is 10.1 Å². The highest BCUT2D eigenvalue weighted by Crippen LogP contribution is 2.33. The van der Waals surface area contributed by atoms with Gasteiger partial charge in [0.15, 0.2) is 0 Å². The summed E-state index contributed by atoms with van der Waals surface area (Å²) in [5, 5.41) is 11.5. The van der Waals surface area contributed by atoms with Crippen LogP contribution < -0.4 is 0 Å². The maximum absolute atomic E-state index is 13.5. The molecule has 28 heavy (non-hydrogen) atoms. The molecule has 1 amide bonds. The highest BCUT2D eigenvalue weighted by molar-refractivity contribution is 5.98. The third-order valence-electron chi connectivity index (χ3n) is 4.96. The summed E-state index contributed by atoms with van der Waals surface area (Å²) >= 11 is 0. The van der Waals surface area contributed by atoms with Crippen molar-refractivity contribution in [3.8, 4) is 0 Å². The average Bonchev–Trinajstić information content (AvgIpc) is 2.74. The summed E-state index contributed by atoms with van der Waals surface area (Å²) in [5.41, 5.74) is 1.85. The molecule has 0 fully saturated rings. The lowest BCUT2D eigenvalue weighted by molar-refractivity contribution is -0.385. The van der Waals surface area contributed by atoms with Crippen LogP contribution in [0.15, 0.2) is 84.9 Å². The second-order valence-electron chi connectivity index (χ2n) is 6.66. The predicted molar refractivity (Wildman–Crippen MR) is 109 cm³/mol. The fourth-order valence-electron chi connectivity index (χ4n) is 3.42. The molecule has 2 atom stereocenters. The normalized spacial score (nSPS) is 12.8. The van der Waals surface area contributed by atoms with E-state index in [1.54, 1.807) is 17.0 Å². The zero-order valence-electron chi connectivity index (χ0n) is 15.9. The maximum atomic E-state index is 13.5. The smallest absolute Gasteiger partial charge is 0.282 e. The van der Waals surface area contributed by atoms with Crippen LogP contribution in [-0.2, 0) is 0 Å². The van der Waals surface area contributed by atoms with Crippen LogP contribution in [0.2, 0.25) is 0 Å². The van der Waals surface area contributed by atoms with Crippen molar-refractivity contribution < 1.29 is 9.72 Å². The van der Waals surface area contributed by atoms with Gasteiger partial charge in [0.05, 0.1) is 17.0 Å². The van der Waals surface area contributed by atoms with Gasteiger partial charge in [-0.1, -0.05) is 72.8 Å². The Morgan fingerprint density at radius 3 is 1.68 bits per heavy atom. The molecule has 0 aliphatic rings. The van der Waals surface area contributed by atoms with Crippen molar-refractivity contribution in [2.75, 3.05) is 0 Å². The van der Waals surface area contributed by atoms with Crippen LogP contribution in [0.3, 0.4) is 0 Å². The monoisotopic (exact) mass is 374 g/mol. The van der Waals surface area contributed by atoms with Crippen LogP contribution in [0.1, 0.15) is 47.4 Å². The number of rotatable bonds is 6. The Morgan fingerprint density at radius 2 is 1.21 bits per heavy atom. The van der Waals surface area contributed by atoms with Crippen LogP contribution in [-0.4, -0.2) is 15.7 Å². The maximum Gasteiger partial charge on any atom is 0.282 e. The molecule has 0 N–H and O–H groups in total. The first-order valence-corrected chi connectivity index (χ1v) is 9.16. The van der Waals surface area contributed by atoms with Crippen molar-refractivity contribution in [3.63, 3.8) is 0 Å². The van der Waals surface area contributed by atoms with Crippen LogP contribution in [0.5, 0.6) is 0 Å². The zero-order chi connectivity index (χ0) is 20.1. The van der Waals surface area contributed by atoms with Gasteiger partial charge < -0.3 is 4.90 Å². The van der Waals surface area contributed by atoms with E-state index in [1.165, 1.54) is 12.1 Å². The van der Waals surface area contributed by atoms with Gasteiger partial charge in [0.1, 0.15) is 5.56 Å². The minimum Gasteiger partial charge on any atom is -0.325 e. The van der Waals surface area contributed by atoms with E-state index in [4.69, 9.17) is 0 Å². The molecule has 0 aliphatic heterocycles. The molecule has 3 rings (SSSR count). The first-order valence-electron chi connectivity index (χ1n) is 9.16. The van der Waals surface area contributed by atoms with Crippen molar-refractivity contribution in [2.24, 2.45) is 0 Å². The summed E-state index contributed by atoms with van der Waals surface area (Å²) in [7, 11) is 0. The van der Waals surface area contributed by atoms with Crippen molar-refractivity contribution in [3.05, 3.63) is 112 Å². The lowest BCUT2D eigenvalue weighted by atomic mass is 9.99. The van der Waals surface area contributed by atoms with E-state index in [0.717, 1.165) is 11.1 Å². The van der Waals surface area contributed by atoms with E-state index in [1.807, 2.05) is 74.5 Å². The van der Waals surface area contributed by atoms with Gasteiger partial charge >= 0.3 is 0 Å². The first kappa shape index (κ1) is 19.3. The van der Waals surface area contributed by atoms with E-state index in [-0.39, 0.29) is 29.2 Å². The van der Waals surface area contributed by atoms with Gasteiger partial charge in [-0.25, -0.2) is 0 Å². The van der Waals surface area contributed by atoms with E-state index >= 15 is 0 Å². The molecule has 0 unspecified atom stereocenters. The molecule has 0 spiro atoms. The number of para-hydroxylation sites is 1. The van der Waals surface area contributed by atoms with Gasteiger partial charge in [-0.2, -0.15) is 0 Å². The van der Waals surface area contributed by atoms with Gasteiger partial charge in [0, 0.05) is 6.07 Å². The first-order chi connectivity index (χ1) is 13.5. The van der Waals surface area contributed by atoms with Crippen LogP contribution in [0.25, 0.3) is 0 Å². The summed E-state index contributed by atoms with van der Waals surface area (Å²) in [6, 6.07) is 25.0. The highest BCUT2D eigenvalue weighted by atomic mass is 16.6. The topological polar surface area (TPSA) is 63.5 Å². The summed E-state index contributed by atoms with van der Waals surface area (Å²) in [4.78, 5) is 26.2. The number of benzene rings is 3. The number of hydrogen-bond donors (Lipinski definition) is 0. The fraction of sp³-hybridized carbons (Fsp3) is 0.174. The summed E-state index contributed by atoms with van der Waals surface area (Å²) in [6.07, 6.45) is 0. The standard InChI is InChI=1S/C23H22N2O3/c1-17(19-11-5-3-6-12-19)24(18(2)20-13-7-4-8-14-20)23(26)21-15-9-10-16-22(21)25(27)28/h3-18H,1-2H3/t17-,18-/m0/s1. The average molecular weight is 374 g/mol. The molecule has 0 heterocycles. The van der Waals surface area contributed by atoms with Gasteiger partial charge in [-0.3, -0.25) is 14.9 Å². The number of carbonyl (C=O) groups excluding carboxylic acids is 1. The molecule has 0 aliphatic carbocycles. The number of hydrogen-bond acceptors (Lipinski definition) is 3. The van der Waals surface area contributed by atoms with Crippen molar-refractivity contribution >= 4 is 11.6 Å². The van der Waals surface area contributed by atoms with Crippen molar-refractivity contribution in [1.82, 2.24) is 4.90 Å². The Kier molecular flexibility index (Phi) is 5.84. The molecule has 142 valence electrons. The van der Waals surface area contributed by atoms with Crippen molar-refractivity contribution in [2.45, 2.75) is 25.9 Å². The largest absolute Gasteiger partial charge is 0.325 e. The summed E-state index contributed by atoms with van der Waals surface area (Å²) in [5.74, 6) is -0.361. The molecule has 0 radical (unpaired) electrons. The van der Waals surface area contributed by atoms with Gasteiger partial charge in [-0.15, -0.1) is 0 Å². The second-order valence-corrected chi connectivity index (χ2v) is 6.66. The van der Waals surface area contributed by atoms with Crippen molar-refractivity contribution in [1.29, 1.82) is 0 Å². The molecule has 5 heteroatoms. The summed E-state index contributed by atoms with van der Waals surface area (Å²) < 4.78 is 0. The SMILES string of the molecule is C[C@@H](c1ccccc1)N(C(=O)c1ccccc1[N+](=O)[O-])[C@@H](C)c1ccccc1. The van der Waals surface area contributed by atoms with Crippen LogP contribution in [0.4, 0.5) is 5.69 Å². The van der Waals surface area contributed by atoms with Gasteiger partial charge in [0.25, 0.3) is 11.6 Å². The molecule has 0 saturated carbocycles. The minimum atomic E-state index is -0.508. The van der Waals surface area contributed by atoms with Gasteiger partial charge in [0.2, 0.25) is 0 Å². The number of nitro benzene ring substituents is 1. The Balaban J connectivity index is 2.08. The fourth-order valence-corrected chi connectivity index (χ4v) is 3.42. The van der Waals surface area contributed by atoms with E-state index in [0.29, 0.717) is 0 Å². The zero-order valence-corrected chi connectivity index (χ0v) is 15.9. The third kappa shape index (κ3) is 3.93. The Hall–Kier alpha value is -3.47. The molecular weight excluding hydrogens is 352 g/mol. The summed E-state index contributed by atoms with van der Waals surface area (Å²) in [6.45, 7) is 3.89. The number of carbonyl (C=O) groups is 1. The van der Waals surface area contributed by atoms with E-state index in [2.05, 4.69) is 0 Å². The number of nitro groups is 1. The highest BCUT2D eigenvalue weighted by Gasteiger charge is 2.32. The lowest BCUT2D eigenvalue weighted by Crippen LogP contribution is -2.36. The second kappa shape index (κ2) is 8.48. The molecule has 0 aromatic heterocycles.